The maximum absolute atomic E-state index is 12.1. The van der Waals surface area contributed by atoms with E-state index >= 15 is 0 Å². The molecule has 0 aliphatic heterocycles. The van der Waals surface area contributed by atoms with Crippen molar-refractivity contribution >= 4 is 16.9 Å². The maximum atomic E-state index is 12.1. The molecule has 104 valence electrons. The Labute approximate surface area is 120 Å². The topological polar surface area (TPSA) is 72.2 Å². The highest BCUT2D eigenvalue weighted by Gasteiger charge is 2.10. The molecule has 0 spiro atoms. The van der Waals surface area contributed by atoms with Crippen LogP contribution in [-0.2, 0) is 0 Å². The number of carbonyl (C=O) groups is 1. The van der Waals surface area contributed by atoms with Gasteiger partial charge in [0.25, 0.3) is 5.56 Å². The fourth-order valence-electron chi connectivity index (χ4n) is 2.23. The van der Waals surface area contributed by atoms with Gasteiger partial charge in [0.2, 0.25) is 0 Å². The second-order valence-corrected chi connectivity index (χ2v) is 4.73. The molecule has 5 nitrogen and oxygen atoms in total. The quantitative estimate of drug-likeness (QED) is 0.782. The minimum Gasteiger partial charge on any atom is -0.478 e. The van der Waals surface area contributed by atoms with Crippen molar-refractivity contribution in [1.82, 2.24) is 9.55 Å². The summed E-state index contributed by atoms with van der Waals surface area (Å²) in [5.74, 6) is -1.08. The molecule has 0 saturated carbocycles. The summed E-state index contributed by atoms with van der Waals surface area (Å²) in [5.41, 5.74) is 1.83. The fraction of sp³-hybridized carbons (Fsp3) is 0.0625. The summed E-state index contributed by atoms with van der Waals surface area (Å²) in [6.07, 6.45) is 1.32. The molecule has 0 fully saturated rings. The van der Waals surface area contributed by atoms with Crippen molar-refractivity contribution < 1.29 is 9.90 Å². The van der Waals surface area contributed by atoms with Gasteiger partial charge in [0.15, 0.2) is 0 Å². The number of para-hydroxylation sites is 1. The predicted molar refractivity (Wildman–Crippen MR) is 79.0 cm³/mol. The van der Waals surface area contributed by atoms with Crippen LogP contribution in [0, 0.1) is 6.92 Å². The number of aromatic nitrogens is 2. The van der Waals surface area contributed by atoms with E-state index in [1.165, 1.54) is 22.9 Å². The number of rotatable bonds is 2. The van der Waals surface area contributed by atoms with Gasteiger partial charge in [-0.15, -0.1) is 0 Å². The molecular weight excluding hydrogens is 268 g/mol. The van der Waals surface area contributed by atoms with Gasteiger partial charge in [-0.05, 0) is 25.1 Å². The fourth-order valence-corrected chi connectivity index (χ4v) is 2.23. The highest BCUT2D eigenvalue weighted by Crippen LogP contribution is 2.20. The van der Waals surface area contributed by atoms with E-state index in [0.717, 1.165) is 11.1 Å². The van der Waals surface area contributed by atoms with Crippen molar-refractivity contribution in [2.24, 2.45) is 0 Å². The number of pyridine rings is 2. The number of fused-ring (bicyclic) bond motifs is 1. The number of nitrogens with zero attached hydrogens (tertiary/aromatic N) is 2. The van der Waals surface area contributed by atoms with Gasteiger partial charge in [0.1, 0.15) is 0 Å². The third kappa shape index (κ3) is 2.29. The van der Waals surface area contributed by atoms with E-state index in [1.54, 1.807) is 6.07 Å². The minimum absolute atomic E-state index is 0.0549. The standard InChI is InChI=1S/C16H12N2O3/c1-10-5-6-11-3-2-4-13(15(11)17-10)18-9-12(16(20)21)7-8-14(18)19/h2-9H,1H3,(H,20,21). The Hall–Kier alpha value is -2.95. The lowest BCUT2D eigenvalue weighted by atomic mass is 10.1. The minimum atomic E-state index is -1.08. The van der Waals surface area contributed by atoms with Crippen LogP contribution in [0.4, 0.5) is 0 Å². The summed E-state index contributed by atoms with van der Waals surface area (Å²) in [5, 5.41) is 9.97. The van der Waals surface area contributed by atoms with E-state index < -0.39 is 5.97 Å². The van der Waals surface area contributed by atoms with Gasteiger partial charge in [-0.3, -0.25) is 14.3 Å². The van der Waals surface area contributed by atoms with Crippen molar-refractivity contribution in [3.8, 4) is 5.69 Å². The van der Waals surface area contributed by atoms with Crippen LogP contribution in [-0.4, -0.2) is 20.6 Å². The normalized spacial score (nSPS) is 10.7. The van der Waals surface area contributed by atoms with E-state index in [0.29, 0.717) is 11.2 Å². The highest BCUT2D eigenvalue weighted by atomic mass is 16.4. The molecule has 0 bridgehead atoms. The molecule has 0 radical (unpaired) electrons. The first-order chi connectivity index (χ1) is 10.1. The number of aromatic carboxylic acids is 1. The van der Waals surface area contributed by atoms with Gasteiger partial charge in [0.05, 0.1) is 16.8 Å². The van der Waals surface area contributed by atoms with Crippen LogP contribution >= 0.6 is 0 Å². The summed E-state index contributed by atoms with van der Waals surface area (Å²) in [6.45, 7) is 1.87. The molecule has 5 heteroatoms. The first-order valence-electron chi connectivity index (χ1n) is 6.39. The second kappa shape index (κ2) is 4.86. The van der Waals surface area contributed by atoms with E-state index in [2.05, 4.69) is 4.98 Å². The molecule has 0 atom stereocenters. The average Bonchev–Trinajstić information content (AvgIpc) is 2.47. The molecule has 2 aromatic heterocycles. The lowest BCUT2D eigenvalue weighted by Crippen LogP contribution is -2.18. The van der Waals surface area contributed by atoms with Crippen molar-refractivity contribution in [3.05, 3.63) is 70.3 Å². The van der Waals surface area contributed by atoms with Crippen molar-refractivity contribution in [1.29, 1.82) is 0 Å². The Morgan fingerprint density at radius 3 is 2.71 bits per heavy atom. The van der Waals surface area contributed by atoms with Crippen LogP contribution in [0.15, 0.2) is 53.5 Å². The summed E-state index contributed by atoms with van der Waals surface area (Å²) in [7, 11) is 0. The molecule has 0 aliphatic carbocycles. The number of carboxylic acids is 1. The molecule has 1 aromatic carbocycles. The lowest BCUT2D eigenvalue weighted by molar-refractivity contribution is 0.0696. The van der Waals surface area contributed by atoms with Gasteiger partial charge >= 0.3 is 5.97 Å². The first kappa shape index (κ1) is 13.1. The highest BCUT2D eigenvalue weighted by molar-refractivity contribution is 5.89. The molecule has 3 aromatic rings. The zero-order chi connectivity index (χ0) is 15.0. The molecule has 1 N–H and O–H groups in total. The maximum Gasteiger partial charge on any atom is 0.337 e. The zero-order valence-electron chi connectivity index (χ0n) is 11.3. The van der Waals surface area contributed by atoms with E-state index in [1.807, 2.05) is 31.2 Å². The zero-order valence-corrected chi connectivity index (χ0v) is 11.3. The lowest BCUT2D eigenvalue weighted by Gasteiger charge is -2.10. The van der Waals surface area contributed by atoms with Gasteiger partial charge in [-0.25, -0.2) is 4.79 Å². The summed E-state index contributed by atoms with van der Waals surface area (Å²) >= 11 is 0. The Kier molecular flexibility index (Phi) is 3.02. The molecule has 0 saturated heterocycles. The molecule has 3 rings (SSSR count). The molecule has 2 heterocycles. The summed E-state index contributed by atoms with van der Waals surface area (Å²) in [4.78, 5) is 27.6. The number of benzene rings is 1. The van der Waals surface area contributed by atoms with Crippen molar-refractivity contribution in [2.45, 2.75) is 6.92 Å². The Morgan fingerprint density at radius 1 is 1.14 bits per heavy atom. The van der Waals surface area contributed by atoms with Crippen molar-refractivity contribution in [3.63, 3.8) is 0 Å². The Balaban J connectivity index is 2.35. The van der Waals surface area contributed by atoms with Crippen LogP contribution in [0.1, 0.15) is 16.1 Å². The largest absolute Gasteiger partial charge is 0.478 e. The van der Waals surface area contributed by atoms with E-state index in [4.69, 9.17) is 5.11 Å². The number of carboxylic acid groups (broad SMARTS) is 1. The molecule has 0 aliphatic rings. The van der Waals surface area contributed by atoms with Gasteiger partial charge < -0.3 is 5.11 Å². The van der Waals surface area contributed by atoms with Crippen LogP contribution in [0.3, 0.4) is 0 Å². The van der Waals surface area contributed by atoms with Gasteiger partial charge in [-0.2, -0.15) is 0 Å². The van der Waals surface area contributed by atoms with Crippen LogP contribution in [0.2, 0.25) is 0 Å². The second-order valence-electron chi connectivity index (χ2n) is 4.73. The smallest absolute Gasteiger partial charge is 0.337 e. The number of aryl methyl sites for hydroxylation is 1. The third-order valence-corrected chi connectivity index (χ3v) is 3.26. The van der Waals surface area contributed by atoms with E-state index in [-0.39, 0.29) is 11.1 Å². The Morgan fingerprint density at radius 2 is 1.95 bits per heavy atom. The average molecular weight is 280 g/mol. The molecule has 0 amide bonds. The van der Waals surface area contributed by atoms with Gasteiger partial charge in [0, 0.05) is 23.3 Å². The summed E-state index contributed by atoms with van der Waals surface area (Å²) < 4.78 is 1.32. The number of hydrogen-bond acceptors (Lipinski definition) is 3. The molecule has 21 heavy (non-hydrogen) atoms. The van der Waals surface area contributed by atoms with Crippen LogP contribution in [0.5, 0.6) is 0 Å². The SMILES string of the molecule is Cc1ccc2cccc(-n3cc(C(=O)O)ccc3=O)c2n1. The molecular formula is C16H12N2O3. The summed E-state index contributed by atoms with van der Waals surface area (Å²) in [6, 6.07) is 11.8. The van der Waals surface area contributed by atoms with Crippen molar-refractivity contribution in [2.75, 3.05) is 0 Å². The van der Waals surface area contributed by atoms with E-state index in [9.17, 15) is 9.59 Å². The number of hydrogen-bond donors (Lipinski definition) is 1. The first-order valence-corrected chi connectivity index (χ1v) is 6.39. The van der Waals surface area contributed by atoms with Gasteiger partial charge in [-0.1, -0.05) is 18.2 Å². The molecule has 0 unspecified atom stereocenters. The van der Waals surface area contributed by atoms with Crippen LogP contribution in [0.25, 0.3) is 16.6 Å². The monoisotopic (exact) mass is 280 g/mol. The predicted octanol–water partition coefficient (Wildman–Crippen LogP) is 2.39. The van der Waals surface area contributed by atoms with Crippen LogP contribution < -0.4 is 5.56 Å². The third-order valence-electron chi connectivity index (χ3n) is 3.26. The Bertz CT molecular complexity index is 913.